The van der Waals surface area contributed by atoms with Crippen molar-refractivity contribution in [3.63, 3.8) is 0 Å². The van der Waals surface area contributed by atoms with Gasteiger partial charge in [-0.2, -0.15) is 10.2 Å². The highest BCUT2D eigenvalue weighted by molar-refractivity contribution is 6.12. The number of carboxylic acids is 2. The van der Waals surface area contributed by atoms with Gasteiger partial charge in [0.05, 0.1) is 74.9 Å². The predicted octanol–water partition coefficient (Wildman–Crippen LogP) is 4.21. The number of hydrogen-bond acceptors (Lipinski definition) is 16. The minimum atomic E-state index is -1.07. The maximum atomic E-state index is 14.0. The van der Waals surface area contributed by atoms with Gasteiger partial charge in [0.25, 0.3) is 5.91 Å². The topological polar surface area (TPSA) is 349 Å². The number of nitrogens with one attached hydrogen (secondary N) is 2. The summed E-state index contributed by atoms with van der Waals surface area (Å²) in [6.07, 6.45) is 4.37. The number of benzene rings is 2. The van der Waals surface area contributed by atoms with E-state index in [9.17, 15) is 28.8 Å². The van der Waals surface area contributed by atoms with Crippen molar-refractivity contribution < 1.29 is 62.7 Å². The number of carboxylic acid groups (broad SMARTS) is 2. The average Bonchev–Trinajstić information content (AvgIpc) is 4.19. The summed E-state index contributed by atoms with van der Waals surface area (Å²) < 4.78 is 35.7. The lowest BCUT2D eigenvalue weighted by Crippen LogP contribution is -2.27. The van der Waals surface area contributed by atoms with Gasteiger partial charge < -0.3 is 59.8 Å². The molecule has 0 aliphatic carbocycles. The lowest BCUT2D eigenvalue weighted by molar-refractivity contribution is -0.138. The molecule has 0 aliphatic heterocycles. The molecule has 4 amide bonds. The van der Waals surface area contributed by atoms with Crippen molar-refractivity contribution in [3.8, 4) is 23.0 Å². The Balaban J connectivity index is 1.25. The summed E-state index contributed by atoms with van der Waals surface area (Å²) in [7, 11) is 0. The number of imidazole rings is 1. The van der Waals surface area contributed by atoms with E-state index in [1.54, 1.807) is 45.3 Å². The molecule has 402 valence electrons. The van der Waals surface area contributed by atoms with Crippen LogP contribution in [-0.2, 0) is 50.0 Å². The zero-order valence-corrected chi connectivity index (χ0v) is 42.4. The van der Waals surface area contributed by atoms with Gasteiger partial charge in [-0.3, -0.25) is 38.7 Å². The first-order valence-corrected chi connectivity index (χ1v) is 24.3. The van der Waals surface area contributed by atoms with Gasteiger partial charge in [-0.25, -0.2) is 19.7 Å². The third kappa shape index (κ3) is 13.4. The number of nitrogens with zero attached hydrogens (tertiary/aromatic N) is 9. The van der Waals surface area contributed by atoms with E-state index < -0.39 is 35.8 Å². The van der Waals surface area contributed by atoms with E-state index >= 15 is 0 Å². The highest BCUT2D eigenvalue weighted by Crippen LogP contribution is 2.37. The second-order valence-electron chi connectivity index (χ2n) is 17.1. The summed E-state index contributed by atoms with van der Waals surface area (Å²) in [4.78, 5) is 87.7. The average molecular weight is 1050 g/mol. The smallest absolute Gasteiger partial charge is 0.407 e. The summed E-state index contributed by atoms with van der Waals surface area (Å²) in [6, 6.07) is 9.69. The van der Waals surface area contributed by atoms with Crippen LogP contribution in [0.5, 0.6) is 11.5 Å². The fourth-order valence-corrected chi connectivity index (χ4v) is 8.16. The number of aliphatic carboxylic acids is 2. The quantitative estimate of drug-likeness (QED) is 0.0282. The molecule has 0 atom stereocenters. The Morgan fingerprint density at radius 1 is 0.684 bits per heavy atom. The maximum Gasteiger partial charge on any atom is 0.407 e. The molecule has 0 saturated carbocycles. The standard InChI is InChI=1S/C50H59N13O13/c1-5-62-36(22-29(3)58-62)46-54-28-34-33-24-31(44(51)68)26-38(75-21-20-73-19-18-72-17-11-41(66)67)42(33)60(47(34)56-46)13-7-8-14-61-43-35(55-49(61)57-48(70)37-23-30(4)59-63(37)6-2)25-32(45(52)69)27-39(43)74-15-9-16-76-50(71)53-12-10-40(64)65/h7-8,22-28H,5-6,9-21H2,1-4H3,(H2,51,68)(H2,52,69)(H,53,71)(H,64,65)(H,66,67)(H,55,57,70)/b8-7+. The Morgan fingerprint density at radius 3 is 2.01 bits per heavy atom. The molecular weight excluding hydrogens is 991 g/mol. The molecule has 0 fully saturated rings. The molecular formula is C50H59N13O13. The molecule has 76 heavy (non-hydrogen) atoms. The Labute approximate surface area is 433 Å². The Bertz CT molecular complexity index is 3320. The highest BCUT2D eigenvalue weighted by atomic mass is 16.6. The molecule has 0 radical (unpaired) electrons. The number of primary amides is 2. The third-order valence-corrected chi connectivity index (χ3v) is 11.6. The molecule has 0 bridgehead atoms. The van der Waals surface area contributed by atoms with Crippen LogP contribution in [-0.4, -0.2) is 142 Å². The first kappa shape index (κ1) is 54.9. The van der Waals surface area contributed by atoms with Crippen LogP contribution in [0.15, 0.2) is 54.7 Å². The second-order valence-corrected chi connectivity index (χ2v) is 17.1. The van der Waals surface area contributed by atoms with Crippen LogP contribution in [0.2, 0.25) is 0 Å². The number of hydrogen-bond donors (Lipinski definition) is 6. The van der Waals surface area contributed by atoms with Crippen LogP contribution < -0.4 is 31.6 Å². The maximum absolute atomic E-state index is 14.0. The predicted molar refractivity (Wildman–Crippen MR) is 274 cm³/mol. The van der Waals surface area contributed by atoms with Crippen LogP contribution in [0.3, 0.4) is 0 Å². The van der Waals surface area contributed by atoms with Crippen molar-refractivity contribution in [2.24, 2.45) is 11.5 Å². The number of aromatic nitrogens is 9. The lowest BCUT2D eigenvalue weighted by atomic mass is 10.1. The summed E-state index contributed by atoms with van der Waals surface area (Å²) in [5.74, 6) is -3.01. The second kappa shape index (κ2) is 25.4. The van der Waals surface area contributed by atoms with E-state index in [0.29, 0.717) is 63.5 Å². The zero-order chi connectivity index (χ0) is 54.5. The van der Waals surface area contributed by atoms with Crippen LogP contribution in [0.4, 0.5) is 10.7 Å². The number of alkyl carbamates (subject to hydrolysis) is 1. The normalized spacial score (nSPS) is 11.5. The van der Waals surface area contributed by atoms with Crippen molar-refractivity contribution in [3.05, 3.63) is 83.0 Å². The Hall–Kier alpha value is -8.91. The summed E-state index contributed by atoms with van der Waals surface area (Å²) >= 11 is 0. The number of aryl methyl sites for hydroxylation is 4. The largest absolute Gasteiger partial charge is 0.491 e. The van der Waals surface area contributed by atoms with Crippen molar-refractivity contribution in [1.82, 2.24) is 49.0 Å². The van der Waals surface area contributed by atoms with E-state index in [2.05, 4.69) is 20.8 Å². The van der Waals surface area contributed by atoms with E-state index in [1.165, 1.54) is 12.1 Å². The first-order valence-electron chi connectivity index (χ1n) is 24.3. The number of carbonyl (C=O) groups excluding carboxylic acids is 4. The molecule has 5 aromatic heterocycles. The first-order chi connectivity index (χ1) is 36.6. The van der Waals surface area contributed by atoms with Crippen LogP contribution in [0.25, 0.3) is 44.5 Å². The molecule has 2 aromatic carbocycles. The van der Waals surface area contributed by atoms with Crippen molar-refractivity contribution in [2.45, 2.75) is 73.1 Å². The van der Waals surface area contributed by atoms with Gasteiger partial charge in [0.2, 0.25) is 17.8 Å². The summed E-state index contributed by atoms with van der Waals surface area (Å²) in [6.45, 7) is 9.07. The zero-order valence-electron chi connectivity index (χ0n) is 42.4. The van der Waals surface area contributed by atoms with Gasteiger partial charge in [0, 0.05) is 67.2 Å². The molecule has 26 nitrogen and oxygen atoms in total. The van der Waals surface area contributed by atoms with E-state index in [-0.39, 0.29) is 119 Å². The monoisotopic (exact) mass is 1050 g/mol. The Morgan fingerprint density at radius 2 is 1.32 bits per heavy atom. The van der Waals surface area contributed by atoms with E-state index in [4.69, 9.17) is 60.3 Å². The van der Waals surface area contributed by atoms with Crippen molar-refractivity contribution >= 4 is 74.7 Å². The molecule has 8 N–H and O–H groups in total. The van der Waals surface area contributed by atoms with E-state index in [1.807, 2.05) is 43.6 Å². The van der Waals surface area contributed by atoms with Gasteiger partial charge in [-0.1, -0.05) is 12.2 Å². The van der Waals surface area contributed by atoms with Gasteiger partial charge >= 0.3 is 18.0 Å². The van der Waals surface area contributed by atoms with Crippen LogP contribution in [0, 0.1) is 13.8 Å². The summed E-state index contributed by atoms with van der Waals surface area (Å²) in [5, 5.41) is 33.2. The molecule has 0 unspecified atom stereocenters. The lowest BCUT2D eigenvalue weighted by Gasteiger charge is -2.14. The molecule has 0 saturated heterocycles. The number of anilines is 1. The summed E-state index contributed by atoms with van der Waals surface area (Å²) in [5.41, 5.74) is 16.0. The Kier molecular flexibility index (Phi) is 18.3. The van der Waals surface area contributed by atoms with Crippen molar-refractivity contribution in [1.29, 1.82) is 0 Å². The third-order valence-electron chi connectivity index (χ3n) is 11.6. The van der Waals surface area contributed by atoms with Gasteiger partial charge in [-0.15, -0.1) is 0 Å². The number of ether oxygens (including phenoxy) is 5. The number of rotatable bonds is 29. The fourth-order valence-electron chi connectivity index (χ4n) is 8.16. The van der Waals surface area contributed by atoms with Gasteiger partial charge in [-0.05, 0) is 64.1 Å². The van der Waals surface area contributed by atoms with Crippen LogP contribution in [0.1, 0.15) is 75.7 Å². The highest BCUT2D eigenvalue weighted by Gasteiger charge is 2.24. The number of amides is 4. The number of carbonyl (C=O) groups is 6. The number of nitrogens with two attached hydrogens (primary N) is 2. The molecule has 7 rings (SSSR count). The molecule has 5 heterocycles. The molecule has 7 aromatic rings. The molecule has 26 heteroatoms. The number of fused-ring (bicyclic) bond motifs is 4. The number of allylic oxidation sites excluding steroid dienone is 2. The minimum absolute atomic E-state index is 0.00928. The van der Waals surface area contributed by atoms with Gasteiger partial charge in [0.15, 0.2) is 5.82 Å². The minimum Gasteiger partial charge on any atom is -0.491 e. The van der Waals surface area contributed by atoms with Crippen LogP contribution >= 0.6 is 0 Å². The molecule has 0 aliphatic rings. The van der Waals surface area contributed by atoms with E-state index in [0.717, 1.165) is 5.69 Å². The van der Waals surface area contributed by atoms with Gasteiger partial charge in [0.1, 0.15) is 40.7 Å². The molecule has 0 spiro atoms. The fraction of sp³-hybridized carbons (Fsp3) is 0.380. The SMILES string of the molecule is CCn1nc(C)cc1C(=O)Nc1nc2cc(C(N)=O)cc(OCCCOC(=O)NCCC(=O)O)c2n1C/C=C/Cn1c2nc(-c3cc(C)nn3CC)ncc2c2cc(C(N)=O)cc(OCCOCCOCCC(=O)O)c21. The van der Waals surface area contributed by atoms with Crippen molar-refractivity contribution in [2.75, 3.05) is 58.1 Å².